The average molecular weight is 331 g/mol. The van der Waals surface area contributed by atoms with E-state index in [1.165, 1.54) is 14.0 Å². The van der Waals surface area contributed by atoms with Crippen LogP contribution in [0.5, 0.6) is 0 Å². The number of carbonyl (C=O) groups excluding carboxylic acids is 4. The lowest BCUT2D eigenvalue weighted by Crippen LogP contribution is -2.42. The summed E-state index contributed by atoms with van der Waals surface area (Å²) in [5, 5.41) is 1.88. The van der Waals surface area contributed by atoms with Crippen LogP contribution < -0.4 is 5.32 Å². The molecule has 0 aromatic rings. The number of hydrogen-bond donors (Lipinski definition) is 1. The molecule has 0 heterocycles. The Kier molecular flexibility index (Phi) is 10.5. The van der Waals surface area contributed by atoms with Gasteiger partial charge in [0.2, 0.25) is 5.91 Å². The number of carbonyl (C=O) groups is 4. The van der Waals surface area contributed by atoms with E-state index in [9.17, 15) is 19.2 Å². The summed E-state index contributed by atoms with van der Waals surface area (Å²) in [4.78, 5) is 45.6. The number of hydrogen-bond acceptors (Lipinski definition) is 6. The molecule has 0 spiro atoms. The molecule has 0 saturated carbocycles. The first kappa shape index (κ1) is 20.6. The molecule has 1 N–H and O–H groups in total. The SMILES string of the molecule is COC(=O)CCCC(SC(C)=O)C(=O)N[C@H](C=O)CC(C)C. The summed E-state index contributed by atoms with van der Waals surface area (Å²) in [5.74, 6) is -0.422. The van der Waals surface area contributed by atoms with Crippen LogP contribution in [0.1, 0.15) is 46.5 Å². The summed E-state index contributed by atoms with van der Waals surface area (Å²) in [6.07, 6.45) is 2.28. The summed E-state index contributed by atoms with van der Waals surface area (Å²) in [5.41, 5.74) is 0. The third kappa shape index (κ3) is 9.55. The van der Waals surface area contributed by atoms with E-state index in [1.54, 1.807) is 0 Å². The number of thioether (sulfide) groups is 1. The lowest BCUT2D eigenvalue weighted by atomic mass is 10.0. The maximum atomic E-state index is 12.2. The van der Waals surface area contributed by atoms with E-state index in [2.05, 4.69) is 10.1 Å². The van der Waals surface area contributed by atoms with Gasteiger partial charge < -0.3 is 14.8 Å². The van der Waals surface area contributed by atoms with E-state index in [-0.39, 0.29) is 29.3 Å². The van der Waals surface area contributed by atoms with Crippen molar-refractivity contribution in [3.8, 4) is 0 Å². The molecule has 7 heteroatoms. The van der Waals surface area contributed by atoms with Gasteiger partial charge in [-0.1, -0.05) is 25.6 Å². The van der Waals surface area contributed by atoms with E-state index < -0.39 is 11.3 Å². The van der Waals surface area contributed by atoms with Crippen LogP contribution in [-0.2, 0) is 23.9 Å². The van der Waals surface area contributed by atoms with Gasteiger partial charge >= 0.3 is 5.97 Å². The van der Waals surface area contributed by atoms with Crippen molar-refractivity contribution in [3.63, 3.8) is 0 Å². The van der Waals surface area contributed by atoms with Crippen LogP contribution in [0.2, 0.25) is 0 Å². The van der Waals surface area contributed by atoms with Gasteiger partial charge in [-0.2, -0.15) is 0 Å². The van der Waals surface area contributed by atoms with Gasteiger partial charge in [0.15, 0.2) is 5.12 Å². The maximum absolute atomic E-state index is 12.2. The van der Waals surface area contributed by atoms with E-state index in [0.717, 1.165) is 11.8 Å². The third-order valence-corrected chi connectivity index (χ3v) is 3.96. The molecule has 0 aliphatic rings. The van der Waals surface area contributed by atoms with Gasteiger partial charge in [0.1, 0.15) is 6.29 Å². The highest BCUT2D eigenvalue weighted by Crippen LogP contribution is 2.19. The fraction of sp³-hybridized carbons (Fsp3) is 0.733. The minimum atomic E-state index is -0.600. The van der Waals surface area contributed by atoms with Crippen LogP contribution in [0.4, 0.5) is 0 Å². The number of methoxy groups -OCH3 is 1. The Hall–Kier alpha value is -1.37. The molecule has 6 nitrogen and oxygen atoms in total. The van der Waals surface area contributed by atoms with Gasteiger partial charge in [-0.25, -0.2) is 0 Å². The molecule has 1 unspecified atom stereocenters. The number of esters is 1. The first-order valence-electron chi connectivity index (χ1n) is 7.29. The highest BCUT2D eigenvalue weighted by molar-refractivity contribution is 8.14. The molecule has 1 amide bonds. The Balaban J connectivity index is 4.58. The molecule has 0 rings (SSSR count). The van der Waals surface area contributed by atoms with Gasteiger partial charge in [-0.15, -0.1) is 0 Å². The van der Waals surface area contributed by atoms with Crippen molar-refractivity contribution in [3.05, 3.63) is 0 Å². The summed E-state index contributed by atoms with van der Waals surface area (Å²) in [6, 6.07) is -0.553. The quantitative estimate of drug-likeness (QED) is 0.484. The van der Waals surface area contributed by atoms with E-state index in [4.69, 9.17) is 0 Å². The molecule has 0 radical (unpaired) electrons. The normalized spacial score (nSPS) is 13.3. The van der Waals surface area contributed by atoms with Crippen LogP contribution in [0, 0.1) is 5.92 Å². The summed E-state index contributed by atoms with van der Waals surface area (Å²) in [6.45, 7) is 5.30. The largest absolute Gasteiger partial charge is 0.469 e. The number of rotatable bonds is 10. The highest BCUT2D eigenvalue weighted by Gasteiger charge is 2.24. The lowest BCUT2D eigenvalue weighted by Gasteiger charge is -2.19. The zero-order valence-electron chi connectivity index (χ0n) is 13.6. The Morgan fingerprint density at radius 2 is 1.91 bits per heavy atom. The molecular formula is C15H25NO5S. The Bertz CT molecular complexity index is 397. The van der Waals surface area contributed by atoms with Gasteiger partial charge in [0, 0.05) is 13.3 Å². The highest BCUT2D eigenvalue weighted by atomic mass is 32.2. The van der Waals surface area contributed by atoms with Crippen molar-refractivity contribution in [1.82, 2.24) is 5.32 Å². The minimum absolute atomic E-state index is 0.176. The van der Waals surface area contributed by atoms with E-state index in [0.29, 0.717) is 25.5 Å². The predicted octanol–water partition coefficient (Wildman–Crippen LogP) is 1.71. The molecule has 126 valence electrons. The number of ether oxygens (including phenoxy) is 1. The number of nitrogens with one attached hydrogen (secondary N) is 1. The molecular weight excluding hydrogens is 306 g/mol. The standard InChI is InChI=1S/C15H25NO5S/c1-10(2)8-12(9-17)16-15(20)13(22-11(3)18)6-5-7-14(19)21-4/h9-10,12-13H,5-8H2,1-4H3,(H,16,20)/t12-,13?/m0/s1. The van der Waals surface area contributed by atoms with Crippen LogP contribution in [-0.4, -0.2) is 41.7 Å². The first-order valence-corrected chi connectivity index (χ1v) is 8.17. The maximum Gasteiger partial charge on any atom is 0.305 e. The molecule has 0 fully saturated rings. The van der Waals surface area contributed by atoms with Crippen molar-refractivity contribution in [2.75, 3.05) is 7.11 Å². The van der Waals surface area contributed by atoms with Gasteiger partial charge in [-0.05, 0) is 25.2 Å². The molecule has 0 aromatic carbocycles. The number of aldehydes is 1. The molecule has 0 saturated heterocycles. The summed E-state index contributed by atoms with van der Waals surface area (Å²) in [7, 11) is 1.30. The summed E-state index contributed by atoms with van der Waals surface area (Å²) < 4.78 is 4.54. The Labute approximate surface area is 135 Å². The monoisotopic (exact) mass is 331 g/mol. The van der Waals surface area contributed by atoms with Crippen molar-refractivity contribution >= 4 is 35.0 Å². The van der Waals surface area contributed by atoms with Crippen molar-refractivity contribution < 1.29 is 23.9 Å². The molecule has 0 aliphatic carbocycles. The van der Waals surface area contributed by atoms with Crippen molar-refractivity contribution in [1.29, 1.82) is 0 Å². The molecule has 0 aliphatic heterocycles. The third-order valence-electron chi connectivity index (χ3n) is 2.89. The summed E-state index contributed by atoms with van der Waals surface area (Å²) >= 11 is 0.919. The van der Waals surface area contributed by atoms with E-state index >= 15 is 0 Å². The Morgan fingerprint density at radius 1 is 1.27 bits per heavy atom. The van der Waals surface area contributed by atoms with Gasteiger partial charge in [-0.3, -0.25) is 14.4 Å². The molecule has 0 bridgehead atoms. The molecule has 22 heavy (non-hydrogen) atoms. The lowest BCUT2D eigenvalue weighted by molar-refractivity contribution is -0.140. The zero-order chi connectivity index (χ0) is 17.1. The van der Waals surface area contributed by atoms with Crippen LogP contribution in [0.25, 0.3) is 0 Å². The minimum Gasteiger partial charge on any atom is -0.469 e. The average Bonchev–Trinajstić information content (AvgIpc) is 2.44. The van der Waals surface area contributed by atoms with Crippen LogP contribution >= 0.6 is 11.8 Å². The first-order chi connectivity index (χ1) is 10.3. The van der Waals surface area contributed by atoms with Gasteiger partial charge in [0.25, 0.3) is 0 Å². The van der Waals surface area contributed by atoms with Crippen molar-refractivity contribution in [2.45, 2.75) is 57.7 Å². The van der Waals surface area contributed by atoms with E-state index in [1.807, 2.05) is 13.8 Å². The fourth-order valence-electron chi connectivity index (χ4n) is 1.91. The second-order valence-electron chi connectivity index (χ2n) is 5.45. The van der Waals surface area contributed by atoms with Crippen molar-refractivity contribution in [2.24, 2.45) is 5.92 Å². The molecule has 0 aromatic heterocycles. The fourth-order valence-corrected chi connectivity index (χ4v) is 2.77. The smallest absolute Gasteiger partial charge is 0.305 e. The second-order valence-corrected chi connectivity index (χ2v) is 6.83. The molecule has 2 atom stereocenters. The topological polar surface area (TPSA) is 89.5 Å². The predicted molar refractivity (Wildman–Crippen MR) is 85.4 cm³/mol. The number of amides is 1. The van der Waals surface area contributed by atoms with Crippen LogP contribution in [0.3, 0.4) is 0 Å². The Morgan fingerprint density at radius 3 is 2.36 bits per heavy atom. The van der Waals surface area contributed by atoms with Crippen LogP contribution in [0.15, 0.2) is 0 Å². The zero-order valence-corrected chi connectivity index (χ0v) is 14.4. The second kappa shape index (κ2) is 11.2. The van der Waals surface area contributed by atoms with Gasteiger partial charge in [0.05, 0.1) is 18.4 Å².